The van der Waals surface area contributed by atoms with Gasteiger partial charge in [0, 0.05) is 6.61 Å². The standard InChI is InChI=1S/C6H11Br3O/c7-6(8,9)4-2-1-3-5-10/h10H,1-5H2. The van der Waals surface area contributed by atoms with Crippen LogP contribution in [0.1, 0.15) is 25.7 Å². The van der Waals surface area contributed by atoms with E-state index in [-0.39, 0.29) is 2.14 Å². The molecule has 0 aliphatic carbocycles. The first-order valence-electron chi connectivity index (χ1n) is 3.24. The molecule has 62 valence electrons. The van der Waals surface area contributed by atoms with Crippen molar-refractivity contribution >= 4 is 47.8 Å². The molecular weight excluding hydrogens is 328 g/mol. The van der Waals surface area contributed by atoms with Crippen molar-refractivity contribution < 1.29 is 5.11 Å². The van der Waals surface area contributed by atoms with Crippen molar-refractivity contribution in [2.24, 2.45) is 0 Å². The summed E-state index contributed by atoms with van der Waals surface area (Å²) in [5.74, 6) is 0. The van der Waals surface area contributed by atoms with E-state index in [0.29, 0.717) is 6.61 Å². The molecule has 0 radical (unpaired) electrons. The Labute approximate surface area is 87.0 Å². The molecule has 10 heavy (non-hydrogen) atoms. The first-order valence-corrected chi connectivity index (χ1v) is 5.62. The SMILES string of the molecule is OCCCCCC(Br)(Br)Br. The van der Waals surface area contributed by atoms with E-state index in [4.69, 9.17) is 5.11 Å². The van der Waals surface area contributed by atoms with E-state index < -0.39 is 0 Å². The third-order valence-corrected chi connectivity index (χ3v) is 2.31. The maximum absolute atomic E-state index is 8.46. The molecule has 0 aliphatic heterocycles. The van der Waals surface area contributed by atoms with E-state index in [1.165, 1.54) is 0 Å². The largest absolute Gasteiger partial charge is 0.396 e. The topological polar surface area (TPSA) is 20.2 Å². The highest BCUT2D eigenvalue weighted by molar-refractivity contribution is 9.39. The molecule has 1 nitrogen and oxygen atoms in total. The van der Waals surface area contributed by atoms with E-state index >= 15 is 0 Å². The van der Waals surface area contributed by atoms with Crippen molar-refractivity contribution in [2.45, 2.75) is 27.8 Å². The van der Waals surface area contributed by atoms with Crippen LogP contribution in [0.3, 0.4) is 0 Å². The lowest BCUT2D eigenvalue weighted by Crippen LogP contribution is -1.98. The third kappa shape index (κ3) is 9.40. The Bertz CT molecular complexity index is 79.6. The lowest BCUT2D eigenvalue weighted by Gasteiger charge is -2.10. The second-order valence-electron chi connectivity index (χ2n) is 2.15. The smallest absolute Gasteiger partial charge is 0.135 e. The van der Waals surface area contributed by atoms with Crippen LogP contribution in [0, 0.1) is 0 Å². The summed E-state index contributed by atoms with van der Waals surface area (Å²) in [6.45, 7) is 0.305. The Morgan fingerprint density at radius 2 is 1.60 bits per heavy atom. The van der Waals surface area contributed by atoms with Gasteiger partial charge >= 0.3 is 0 Å². The molecule has 0 unspecified atom stereocenters. The zero-order chi connectivity index (χ0) is 8.04. The van der Waals surface area contributed by atoms with Crippen molar-refractivity contribution in [1.82, 2.24) is 0 Å². The Balaban J connectivity index is 3.04. The molecule has 0 bridgehead atoms. The number of unbranched alkanes of at least 4 members (excludes halogenated alkanes) is 2. The van der Waals surface area contributed by atoms with E-state index in [1.807, 2.05) is 0 Å². The molecule has 4 heteroatoms. The Morgan fingerprint density at radius 1 is 1.00 bits per heavy atom. The molecule has 0 atom stereocenters. The molecule has 0 saturated carbocycles. The minimum atomic E-state index is -0.0948. The number of halogens is 3. The van der Waals surface area contributed by atoms with Gasteiger partial charge in [0.25, 0.3) is 0 Å². The molecule has 0 rings (SSSR count). The van der Waals surface area contributed by atoms with Crippen LogP contribution in [-0.2, 0) is 0 Å². The first-order chi connectivity index (χ1) is 4.56. The monoisotopic (exact) mass is 336 g/mol. The quantitative estimate of drug-likeness (QED) is 0.615. The van der Waals surface area contributed by atoms with Gasteiger partial charge in [-0.15, -0.1) is 0 Å². The average Bonchev–Trinajstić information content (AvgIpc) is 1.78. The van der Waals surface area contributed by atoms with Gasteiger partial charge in [0.05, 0.1) is 0 Å². The van der Waals surface area contributed by atoms with Crippen LogP contribution in [-0.4, -0.2) is 13.9 Å². The van der Waals surface area contributed by atoms with E-state index in [2.05, 4.69) is 47.8 Å². The van der Waals surface area contributed by atoms with Crippen LogP contribution in [0.4, 0.5) is 0 Å². The van der Waals surface area contributed by atoms with Crippen molar-refractivity contribution in [3.8, 4) is 0 Å². The summed E-state index contributed by atoms with van der Waals surface area (Å²) >= 11 is 10.2. The fraction of sp³-hybridized carbons (Fsp3) is 1.00. The Morgan fingerprint density at radius 3 is 2.00 bits per heavy atom. The molecule has 0 aromatic heterocycles. The van der Waals surface area contributed by atoms with Crippen LogP contribution in [0.25, 0.3) is 0 Å². The van der Waals surface area contributed by atoms with Gasteiger partial charge in [-0.3, -0.25) is 0 Å². The van der Waals surface area contributed by atoms with Gasteiger partial charge < -0.3 is 5.11 Å². The highest BCUT2D eigenvalue weighted by Gasteiger charge is 2.15. The van der Waals surface area contributed by atoms with Crippen LogP contribution in [0.2, 0.25) is 0 Å². The van der Waals surface area contributed by atoms with Crippen LogP contribution >= 0.6 is 47.8 Å². The van der Waals surface area contributed by atoms with Gasteiger partial charge in [0.2, 0.25) is 0 Å². The molecule has 0 aromatic carbocycles. The van der Waals surface area contributed by atoms with Crippen LogP contribution < -0.4 is 0 Å². The molecule has 0 aliphatic rings. The molecule has 1 N–H and O–H groups in total. The van der Waals surface area contributed by atoms with E-state index in [9.17, 15) is 0 Å². The second-order valence-corrected chi connectivity index (χ2v) is 9.40. The minimum absolute atomic E-state index is 0.0948. The van der Waals surface area contributed by atoms with Crippen molar-refractivity contribution in [3.05, 3.63) is 0 Å². The van der Waals surface area contributed by atoms with Crippen molar-refractivity contribution in [1.29, 1.82) is 0 Å². The van der Waals surface area contributed by atoms with Crippen molar-refractivity contribution in [3.63, 3.8) is 0 Å². The zero-order valence-corrected chi connectivity index (χ0v) is 10.4. The number of aliphatic hydroxyl groups is 1. The highest BCUT2D eigenvalue weighted by Crippen LogP contribution is 2.38. The predicted octanol–water partition coefficient (Wildman–Crippen LogP) is 3.38. The lowest BCUT2D eigenvalue weighted by atomic mass is 10.2. The number of alkyl halides is 3. The minimum Gasteiger partial charge on any atom is -0.396 e. The summed E-state index contributed by atoms with van der Waals surface area (Å²) in [7, 11) is 0. The van der Waals surface area contributed by atoms with Crippen LogP contribution in [0.15, 0.2) is 0 Å². The van der Waals surface area contributed by atoms with Gasteiger partial charge in [-0.1, -0.05) is 60.6 Å². The summed E-state index contributed by atoms with van der Waals surface area (Å²) in [4.78, 5) is 0. The fourth-order valence-electron chi connectivity index (χ4n) is 0.614. The Hall–Kier alpha value is 1.40. The maximum atomic E-state index is 8.46. The molecular formula is C6H11Br3O. The van der Waals surface area contributed by atoms with Gasteiger partial charge in [-0.25, -0.2) is 0 Å². The highest BCUT2D eigenvalue weighted by atomic mass is 80.0. The molecule has 0 fully saturated rings. The summed E-state index contributed by atoms with van der Waals surface area (Å²) < 4.78 is -0.0948. The number of hydrogen-bond donors (Lipinski definition) is 1. The summed E-state index contributed by atoms with van der Waals surface area (Å²) in [6, 6.07) is 0. The number of aliphatic hydroxyl groups excluding tert-OH is 1. The molecule has 0 aromatic rings. The summed E-state index contributed by atoms with van der Waals surface area (Å²) in [6.07, 6.45) is 4.12. The second kappa shape index (κ2) is 5.98. The number of rotatable bonds is 4. The Kier molecular flexibility index (Phi) is 6.81. The van der Waals surface area contributed by atoms with Gasteiger partial charge in [0.15, 0.2) is 0 Å². The summed E-state index contributed by atoms with van der Waals surface area (Å²) in [5.41, 5.74) is 0. The zero-order valence-electron chi connectivity index (χ0n) is 5.62. The van der Waals surface area contributed by atoms with Gasteiger partial charge in [0.1, 0.15) is 2.14 Å². The molecule has 0 saturated heterocycles. The normalized spacial score (nSPS) is 12.0. The van der Waals surface area contributed by atoms with Gasteiger partial charge in [-0.05, 0) is 12.8 Å². The molecule has 0 spiro atoms. The lowest BCUT2D eigenvalue weighted by molar-refractivity contribution is 0.283. The third-order valence-electron chi connectivity index (χ3n) is 1.12. The molecule has 0 amide bonds. The van der Waals surface area contributed by atoms with Crippen molar-refractivity contribution in [2.75, 3.05) is 6.61 Å². The van der Waals surface area contributed by atoms with E-state index in [1.54, 1.807) is 0 Å². The summed E-state index contributed by atoms with van der Waals surface area (Å²) in [5, 5.41) is 8.46. The maximum Gasteiger partial charge on any atom is 0.135 e. The fourth-order valence-corrected chi connectivity index (χ4v) is 1.46. The first kappa shape index (κ1) is 11.4. The molecule has 0 heterocycles. The predicted molar refractivity (Wildman–Crippen MR) is 55.1 cm³/mol. The van der Waals surface area contributed by atoms with Crippen LogP contribution in [0.5, 0.6) is 0 Å². The van der Waals surface area contributed by atoms with E-state index in [0.717, 1.165) is 25.7 Å². The average molecular weight is 339 g/mol. The van der Waals surface area contributed by atoms with Gasteiger partial charge in [-0.2, -0.15) is 0 Å². The number of hydrogen-bond acceptors (Lipinski definition) is 1.